The molecule has 4 aromatic heterocycles. The highest BCUT2D eigenvalue weighted by Crippen LogP contribution is 2.19. The molecule has 4 N–H and O–H groups in total. The Labute approximate surface area is 188 Å². The monoisotopic (exact) mass is 439 g/mol. The number of anilines is 1. The van der Waals surface area contributed by atoms with Gasteiger partial charge >= 0.3 is 0 Å². The van der Waals surface area contributed by atoms with Crippen molar-refractivity contribution in [1.82, 2.24) is 40.5 Å². The van der Waals surface area contributed by atoms with Crippen LogP contribution in [0.25, 0.3) is 11.2 Å². The highest BCUT2D eigenvalue weighted by atomic mass is 16.1. The van der Waals surface area contributed by atoms with Crippen LogP contribution in [0.1, 0.15) is 32.7 Å². The van der Waals surface area contributed by atoms with Gasteiger partial charge in [-0.05, 0) is 47.0 Å². The minimum atomic E-state index is -0.135. The number of aromatic nitrogens is 7. The molecule has 0 fully saturated rings. The van der Waals surface area contributed by atoms with E-state index in [1.807, 2.05) is 59.5 Å². The third-order valence-electron chi connectivity index (χ3n) is 5.19. The first kappa shape index (κ1) is 20.3. The molecule has 1 aromatic carbocycles. The van der Waals surface area contributed by atoms with Crippen molar-refractivity contribution in [3.63, 3.8) is 0 Å². The van der Waals surface area contributed by atoms with Gasteiger partial charge in [0.15, 0.2) is 0 Å². The van der Waals surface area contributed by atoms with Crippen molar-refractivity contribution in [2.24, 2.45) is 0 Å². The number of carbonyl (C=O) groups is 1. The second-order valence-electron chi connectivity index (χ2n) is 7.63. The number of rotatable bonds is 7. The molecule has 164 valence electrons. The molecule has 0 unspecified atom stereocenters. The second-order valence-corrected chi connectivity index (χ2v) is 7.63. The second kappa shape index (κ2) is 8.87. The van der Waals surface area contributed by atoms with Crippen molar-refractivity contribution in [2.75, 3.05) is 5.73 Å². The largest absolute Gasteiger partial charge is 0.384 e. The van der Waals surface area contributed by atoms with Gasteiger partial charge < -0.3 is 11.1 Å². The van der Waals surface area contributed by atoms with Crippen molar-refractivity contribution >= 4 is 22.9 Å². The fraction of sp³-hybridized carbons (Fsp3) is 0.130. The summed E-state index contributed by atoms with van der Waals surface area (Å²) in [5.74, 6) is 0.271. The number of nitrogens with one attached hydrogen (secondary N) is 2. The molecule has 0 aliphatic carbocycles. The molecule has 5 aromatic rings. The molecule has 4 heterocycles. The number of nitrogens with zero attached hydrogens (tertiary/aromatic N) is 6. The van der Waals surface area contributed by atoms with Crippen LogP contribution in [0, 0.1) is 0 Å². The Hall–Kier alpha value is -4.60. The van der Waals surface area contributed by atoms with Crippen LogP contribution in [0.2, 0.25) is 0 Å². The maximum atomic E-state index is 12.4. The summed E-state index contributed by atoms with van der Waals surface area (Å²) in [4.78, 5) is 20.8. The molecule has 10 heteroatoms. The molecule has 0 spiro atoms. The van der Waals surface area contributed by atoms with E-state index < -0.39 is 0 Å². The number of nitrogen functional groups attached to an aromatic ring is 1. The SMILES string of the molecule is Nc1cc(Cc2cnn(Cc3ccc(C(=O)NCc4ccccn4)cc3)c2)c2n[nH]nc2n1. The van der Waals surface area contributed by atoms with Crippen molar-refractivity contribution in [1.29, 1.82) is 0 Å². The normalized spacial score (nSPS) is 11.0. The number of fused-ring (bicyclic) bond motifs is 1. The number of amides is 1. The van der Waals surface area contributed by atoms with Crippen molar-refractivity contribution in [3.05, 3.63) is 95.1 Å². The summed E-state index contributed by atoms with van der Waals surface area (Å²) in [7, 11) is 0. The molecule has 0 radical (unpaired) electrons. The van der Waals surface area contributed by atoms with Crippen LogP contribution in [0.15, 0.2) is 67.1 Å². The van der Waals surface area contributed by atoms with E-state index in [0.717, 1.165) is 22.4 Å². The third kappa shape index (κ3) is 4.69. The van der Waals surface area contributed by atoms with E-state index in [1.54, 1.807) is 12.3 Å². The summed E-state index contributed by atoms with van der Waals surface area (Å²) >= 11 is 0. The summed E-state index contributed by atoms with van der Waals surface area (Å²) < 4.78 is 1.86. The minimum absolute atomic E-state index is 0.135. The van der Waals surface area contributed by atoms with Crippen LogP contribution in [0.4, 0.5) is 5.82 Å². The van der Waals surface area contributed by atoms with Crippen LogP contribution in [-0.4, -0.2) is 41.1 Å². The molecule has 33 heavy (non-hydrogen) atoms. The first-order valence-corrected chi connectivity index (χ1v) is 10.4. The predicted octanol–water partition coefficient (Wildman–Crippen LogP) is 2.10. The topological polar surface area (TPSA) is 140 Å². The van der Waals surface area contributed by atoms with E-state index in [0.29, 0.717) is 42.1 Å². The molecule has 0 saturated carbocycles. The highest BCUT2D eigenvalue weighted by molar-refractivity contribution is 5.94. The summed E-state index contributed by atoms with van der Waals surface area (Å²) in [6, 6.07) is 14.9. The van der Waals surface area contributed by atoms with Gasteiger partial charge in [0.1, 0.15) is 11.3 Å². The van der Waals surface area contributed by atoms with E-state index in [-0.39, 0.29) is 5.91 Å². The Morgan fingerprint density at radius 2 is 1.97 bits per heavy atom. The first-order valence-electron chi connectivity index (χ1n) is 10.4. The maximum absolute atomic E-state index is 12.4. The summed E-state index contributed by atoms with van der Waals surface area (Å²) in [6.45, 7) is 0.981. The number of hydrogen-bond donors (Lipinski definition) is 3. The van der Waals surface area contributed by atoms with Gasteiger partial charge in [-0.1, -0.05) is 18.2 Å². The van der Waals surface area contributed by atoms with E-state index in [1.165, 1.54) is 0 Å². The maximum Gasteiger partial charge on any atom is 0.251 e. The molecule has 0 saturated heterocycles. The number of aromatic amines is 1. The lowest BCUT2D eigenvalue weighted by atomic mass is 10.1. The Bertz CT molecular complexity index is 1390. The zero-order valence-electron chi connectivity index (χ0n) is 17.6. The van der Waals surface area contributed by atoms with Gasteiger partial charge in [0.05, 0.1) is 25.0 Å². The number of pyridine rings is 2. The summed E-state index contributed by atoms with van der Waals surface area (Å²) in [6.07, 6.45) is 6.13. The van der Waals surface area contributed by atoms with Crippen LogP contribution in [0.3, 0.4) is 0 Å². The smallest absolute Gasteiger partial charge is 0.251 e. The fourth-order valence-electron chi connectivity index (χ4n) is 3.58. The molecule has 0 aliphatic heterocycles. The molecule has 0 aliphatic rings. The Morgan fingerprint density at radius 3 is 2.79 bits per heavy atom. The molecular formula is C23H21N9O. The van der Waals surface area contributed by atoms with Gasteiger partial charge in [-0.2, -0.15) is 15.4 Å². The number of benzene rings is 1. The molecule has 0 bridgehead atoms. The van der Waals surface area contributed by atoms with Crippen molar-refractivity contribution < 1.29 is 4.79 Å². The van der Waals surface area contributed by atoms with Gasteiger partial charge in [-0.3, -0.25) is 14.5 Å². The molecular weight excluding hydrogens is 418 g/mol. The molecule has 5 rings (SSSR count). The molecule has 0 atom stereocenters. The standard InChI is InChI=1S/C23H21N9O/c24-20-10-18(21-22(28-20)30-31-29-21)9-16-11-27-32(14-16)13-15-4-6-17(7-5-15)23(33)26-12-19-3-1-2-8-25-19/h1-8,10-11,14H,9,12-13H2,(H,26,33)(H3,24,28,29,30,31). The van der Waals surface area contributed by atoms with E-state index >= 15 is 0 Å². The quantitative estimate of drug-likeness (QED) is 0.353. The number of nitrogens with two attached hydrogens (primary N) is 1. The summed E-state index contributed by atoms with van der Waals surface area (Å²) in [5.41, 5.74) is 11.5. The van der Waals surface area contributed by atoms with E-state index in [4.69, 9.17) is 5.73 Å². The zero-order chi connectivity index (χ0) is 22.6. The van der Waals surface area contributed by atoms with Crippen molar-refractivity contribution in [2.45, 2.75) is 19.5 Å². The Balaban J connectivity index is 1.21. The van der Waals surface area contributed by atoms with Gasteiger partial charge in [0.25, 0.3) is 5.91 Å². The van der Waals surface area contributed by atoms with Gasteiger partial charge in [-0.15, -0.1) is 5.10 Å². The van der Waals surface area contributed by atoms with Crippen LogP contribution in [0.5, 0.6) is 0 Å². The van der Waals surface area contributed by atoms with E-state index in [9.17, 15) is 4.79 Å². The lowest BCUT2D eigenvalue weighted by molar-refractivity contribution is 0.0950. The highest BCUT2D eigenvalue weighted by Gasteiger charge is 2.11. The lowest BCUT2D eigenvalue weighted by Gasteiger charge is -2.06. The summed E-state index contributed by atoms with van der Waals surface area (Å²) in [5, 5.41) is 18.1. The van der Waals surface area contributed by atoms with Crippen LogP contribution in [-0.2, 0) is 19.5 Å². The van der Waals surface area contributed by atoms with Gasteiger partial charge in [0, 0.05) is 24.4 Å². The molecule has 1 amide bonds. The van der Waals surface area contributed by atoms with Gasteiger partial charge in [-0.25, -0.2) is 4.98 Å². The zero-order valence-corrected chi connectivity index (χ0v) is 17.6. The van der Waals surface area contributed by atoms with Crippen LogP contribution < -0.4 is 11.1 Å². The van der Waals surface area contributed by atoms with Gasteiger partial charge in [0.2, 0.25) is 5.65 Å². The lowest BCUT2D eigenvalue weighted by Crippen LogP contribution is -2.23. The number of H-pyrrole nitrogens is 1. The Kier molecular flexibility index (Phi) is 5.46. The minimum Gasteiger partial charge on any atom is -0.384 e. The average Bonchev–Trinajstić information content (AvgIpc) is 3.48. The van der Waals surface area contributed by atoms with E-state index in [2.05, 4.69) is 35.8 Å². The average molecular weight is 439 g/mol. The predicted molar refractivity (Wildman–Crippen MR) is 122 cm³/mol. The van der Waals surface area contributed by atoms with Crippen molar-refractivity contribution in [3.8, 4) is 0 Å². The third-order valence-corrected chi connectivity index (χ3v) is 5.19. The fourth-order valence-corrected chi connectivity index (χ4v) is 3.58. The number of hydrogen-bond acceptors (Lipinski definition) is 7. The first-order chi connectivity index (χ1) is 16.1. The Morgan fingerprint density at radius 1 is 1.09 bits per heavy atom. The molecule has 10 nitrogen and oxygen atoms in total. The van der Waals surface area contributed by atoms with Crippen LogP contribution >= 0.6 is 0 Å². The number of carbonyl (C=O) groups excluding carboxylic acids is 1.